The molecule has 1 aromatic rings. The number of aromatic nitrogens is 2. The second kappa shape index (κ2) is 3.89. The predicted molar refractivity (Wildman–Crippen MR) is 49.4 cm³/mol. The monoisotopic (exact) mass is 184 g/mol. The third-order valence-corrected chi connectivity index (χ3v) is 2.24. The van der Waals surface area contributed by atoms with Crippen molar-refractivity contribution in [2.45, 2.75) is 33.4 Å². The fraction of sp³-hybridized carbons (Fsp3) is 0.667. The van der Waals surface area contributed by atoms with Crippen LogP contribution in [0.5, 0.6) is 0 Å². The van der Waals surface area contributed by atoms with E-state index in [1.165, 1.54) is 0 Å². The lowest BCUT2D eigenvalue weighted by molar-refractivity contribution is 0.0945. The van der Waals surface area contributed by atoms with Gasteiger partial charge >= 0.3 is 0 Å². The summed E-state index contributed by atoms with van der Waals surface area (Å²) in [6, 6.07) is 0. The van der Waals surface area contributed by atoms with Crippen molar-refractivity contribution in [2.75, 3.05) is 6.61 Å². The van der Waals surface area contributed by atoms with Gasteiger partial charge in [-0.05, 0) is 20.8 Å². The van der Waals surface area contributed by atoms with Gasteiger partial charge in [-0.15, -0.1) is 0 Å². The Bertz CT molecular complexity index is 294. The molecule has 0 saturated carbocycles. The van der Waals surface area contributed by atoms with E-state index in [1.807, 2.05) is 25.5 Å². The first-order valence-corrected chi connectivity index (χ1v) is 4.44. The van der Waals surface area contributed by atoms with E-state index >= 15 is 0 Å². The van der Waals surface area contributed by atoms with Gasteiger partial charge in [-0.3, -0.25) is 4.68 Å². The highest BCUT2D eigenvalue weighted by atomic mass is 16.3. The van der Waals surface area contributed by atoms with Crippen LogP contribution in [-0.4, -0.2) is 26.6 Å². The maximum atomic E-state index is 9.50. The Morgan fingerprint density at radius 3 is 2.46 bits per heavy atom. The highest BCUT2D eigenvalue weighted by Crippen LogP contribution is 2.20. The molecule has 2 N–H and O–H groups in total. The number of hydrogen-bond donors (Lipinski definition) is 2. The molecule has 4 heteroatoms. The van der Waals surface area contributed by atoms with Crippen LogP contribution in [0, 0.1) is 13.8 Å². The molecule has 1 atom stereocenters. The highest BCUT2D eigenvalue weighted by Gasteiger charge is 2.17. The molecule has 13 heavy (non-hydrogen) atoms. The summed E-state index contributed by atoms with van der Waals surface area (Å²) in [4.78, 5) is 0. The first-order chi connectivity index (χ1) is 6.11. The average Bonchev–Trinajstić information content (AvgIpc) is 2.40. The smallest absolute Gasteiger partial charge is 0.106 e. The first kappa shape index (κ1) is 10.2. The van der Waals surface area contributed by atoms with Gasteiger partial charge in [0, 0.05) is 17.8 Å². The Hall–Kier alpha value is -0.870. The van der Waals surface area contributed by atoms with Gasteiger partial charge in [0.1, 0.15) is 6.10 Å². The fourth-order valence-electron chi connectivity index (χ4n) is 1.59. The van der Waals surface area contributed by atoms with E-state index < -0.39 is 6.10 Å². The quantitative estimate of drug-likeness (QED) is 0.721. The topological polar surface area (TPSA) is 58.3 Å². The molecule has 74 valence electrons. The Kier molecular flexibility index (Phi) is 3.06. The zero-order valence-electron chi connectivity index (χ0n) is 8.28. The number of nitrogens with zero attached hydrogens (tertiary/aromatic N) is 2. The third-order valence-electron chi connectivity index (χ3n) is 2.24. The normalized spacial score (nSPS) is 13.3. The largest absolute Gasteiger partial charge is 0.393 e. The number of hydrogen-bond acceptors (Lipinski definition) is 3. The van der Waals surface area contributed by atoms with Crippen molar-refractivity contribution >= 4 is 0 Å². The van der Waals surface area contributed by atoms with Crippen LogP contribution in [0.3, 0.4) is 0 Å². The van der Waals surface area contributed by atoms with Gasteiger partial charge in [0.05, 0.1) is 12.3 Å². The van der Waals surface area contributed by atoms with E-state index in [0.29, 0.717) is 0 Å². The lowest BCUT2D eigenvalue weighted by atomic mass is 10.1. The van der Waals surface area contributed by atoms with Crippen LogP contribution in [0.4, 0.5) is 0 Å². The third kappa shape index (κ3) is 1.73. The molecule has 0 aliphatic heterocycles. The Labute approximate surface area is 77.8 Å². The van der Waals surface area contributed by atoms with Gasteiger partial charge in [0.15, 0.2) is 0 Å². The van der Waals surface area contributed by atoms with Crippen LogP contribution >= 0.6 is 0 Å². The van der Waals surface area contributed by atoms with Gasteiger partial charge in [0.2, 0.25) is 0 Å². The summed E-state index contributed by atoms with van der Waals surface area (Å²) >= 11 is 0. The number of aliphatic hydroxyl groups excluding tert-OH is 2. The van der Waals surface area contributed by atoms with Crippen molar-refractivity contribution in [3.63, 3.8) is 0 Å². The van der Waals surface area contributed by atoms with Crippen LogP contribution in [-0.2, 0) is 6.54 Å². The summed E-state index contributed by atoms with van der Waals surface area (Å²) in [7, 11) is 0. The number of rotatable bonds is 3. The predicted octanol–water partition coefficient (Wildman–Crippen LogP) is 0.546. The second-order valence-corrected chi connectivity index (χ2v) is 3.10. The van der Waals surface area contributed by atoms with Crippen LogP contribution in [0.15, 0.2) is 0 Å². The first-order valence-electron chi connectivity index (χ1n) is 4.44. The lowest BCUT2D eigenvalue weighted by Crippen LogP contribution is -2.06. The maximum absolute atomic E-state index is 9.50. The standard InChI is InChI=1S/C9H16N2O2/c1-4-11-7(3)9(6(2)10-11)8(13)5-12/h8,12-13H,4-5H2,1-3H3. The van der Waals surface area contributed by atoms with Crippen molar-refractivity contribution in [2.24, 2.45) is 0 Å². The van der Waals surface area contributed by atoms with Gasteiger partial charge < -0.3 is 10.2 Å². The van der Waals surface area contributed by atoms with Gasteiger partial charge in [-0.1, -0.05) is 0 Å². The van der Waals surface area contributed by atoms with E-state index in [-0.39, 0.29) is 6.61 Å². The minimum absolute atomic E-state index is 0.253. The van der Waals surface area contributed by atoms with E-state index in [4.69, 9.17) is 5.11 Å². The Balaban J connectivity index is 3.12. The van der Waals surface area contributed by atoms with E-state index in [1.54, 1.807) is 0 Å². The minimum atomic E-state index is -0.805. The summed E-state index contributed by atoms with van der Waals surface area (Å²) in [6.07, 6.45) is -0.805. The van der Waals surface area contributed by atoms with Crippen molar-refractivity contribution in [3.05, 3.63) is 17.0 Å². The molecule has 0 amide bonds. The number of aliphatic hydroxyl groups is 2. The summed E-state index contributed by atoms with van der Waals surface area (Å²) < 4.78 is 1.82. The molecule has 1 aromatic heterocycles. The molecule has 0 aromatic carbocycles. The molecule has 0 aliphatic rings. The zero-order valence-corrected chi connectivity index (χ0v) is 8.28. The summed E-state index contributed by atoms with van der Waals surface area (Å²) in [6.45, 7) is 6.27. The van der Waals surface area contributed by atoms with Crippen LogP contribution in [0.25, 0.3) is 0 Å². The average molecular weight is 184 g/mol. The van der Waals surface area contributed by atoms with E-state index in [2.05, 4.69) is 5.10 Å². The minimum Gasteiger partial charge on any atom is -0.393 e. The van der Waals surface area contributed by atoms with Crippen molar-refractivity contribution in [1.82, 2.24) is 9.78 Å². The molecular formula is C9H16N2O2. The molecule has 0 spiro atoms. The molecule has 0 fully saturated rings. The van der Waals surface area contributed by atoms with Crippen LogP contribution < -0.4 is 0 Å². The fourth-order valence-corrected chi connectivity index (χ4v) is 1.59. The highest BCUT2D eigenvalue weighted by molar-refractivity contribution is 5.26. The van der Waals surface area contributed by atoms with Crippen molar-refractivity contribution < 1.29 is 10.2 Å². The molecule has 0 radical (unpaired) electrons. The summed E-state index contributed by atoms with van der Waals surface area (Å²) in [5.74, 6) is 0. The molecule has 1 rings (SSSR count). The van der Waals surface area contributed by atoms with Gasteiger partial charge in [-0.25, -0.2) is 0 Å². The van der Waals surface area contributed by atoms with Crippen molar-refractivity contribution in [1.29, 1.82) is 0 Å². The van der Waals surface area contributed by atoms with E-state index in [0.717, 1.165) is 23.5 Å². The van der Waals surface area contributed by atoms with E-state index in [9.17, 15) is 5.11 Å². The SMILES string of the molecule is CCn1nc(C)c(C(O)CO)c1C. The van der Waals surface area contributed by atoms with Crippen LogP contribution in [0.1, 0.15) is 30.0 Å². The maximum Gasteiger partial charge on any atom is 0.106 e. The van der Waals surface area contributed by atoms with Crippen molar-refractivity contribution in [3.8, 4) is 0 Å². The summed E-state index contributed by atoms with van der Waals surface area (Å²) in [5, 5.41) is 22.6. The molecular weight excluding hydrogens is 168 g/mol. The van der Waals surface area contributed by atoms with Crippen LogP contribution in [0.2, 0.25) is 0 Å². The summed E-state index contributed by atoms with van der Waals surface area (Å²) in [5.41, 5.74) is 2.48. The Morgan fingerprint density at radius 2 is 2.08 bits per heavy atom. The number of aryl methyl sites for hydroxylation is 2. The molecule has 1 unspecified atom stereocenters. The lowest BCUT2D eigenvalue weighted by Gasteiger charge is -2.07. The molecule has 0 aliphatic carbocycles. The molecule has 4 nitrogen and oxygen atoms in total. The van der Waals surface area contributed by atoms with Gasteiger partial charge in [0.25, 0.3) is 0 Å². The molecule has 0 saturated heterocycles. The molecule has 1 heterocycles. The zero-order chi connectivity index (χ0) is 10.0. The Morgan fingerprint density at radius 1 is 1.46 bits per heavy atom. The second-order valence-electron chi connectivity index (χ2n) is 3.10. The molecule has 0 bridgehead atoms. The van der Waals surface area contributed by atoms with Gasteiger partial charge in [-0.2, -0.15) is 5.10 Å².